The number of pyridine rings is 1. The molecule has 0 aliphatic heterocycles. The van der Waals surface area contributed by atoms with Crippen LogP contribution in [0.15, 0.2) is 42.6 Å². The predicted octanol–water partition coefficient (Wildman–Crippen LogP) is 2.03. The van der Waals surface area contributed by atoms with Gasteiger partial charge < -0.3 is 4.74 Å². The molecule has 0 unspecified atom stereocenters. The second-order valence-corrected chi connectivity index (χ2v) is 6.79. The molecule has 5 nitrogen and oxygen atoms in total. The van der Waals surface area contributed by atoms with E-state index >= 15 is 0 Å². The topological polar surface area (TPSA) is 68.3 Å². The summed E-state index contributed by atoms with van der Waals surface area (Å²) in [7, 11) is -3.52. The van der Waals surface area contributed by atoms with Gasteiger partial charge >= 0.3 is 0 Å². The van der Waals surface area contributed by atoms with Crippen LogP contribution in [0.2, 0.25) is 0 Å². The predicted molar refractivity (Wildman–Crippen MR) is 89.3 cm³/mol. The maximum atomic E-state index is 12.8. The lowest BCUT2D eigenvalue weighted by Gasteiger charge is -2.04. The molecule has 0 spiro atoms. The maximum Gasteiger partial charge on any atom is 0.216 e. The van der Waals surface area contributed by atoms with Gasteiger partial charge in [0.05, 0.1) is 18.5 Å². The fourth-order valence-electron chi connectivity index (χ4n) is 1.77. The molecule has 2 rings (SSSR count). The molecule has 1 heterocycles. The van der Waals surface area contributed by atoms with E-state index in [1.54, 1.807) is 12.3 Å². The zero-order valence-corrected chi connectivity index (χ0v) is 13.9. The molecule has 0 amide bonds. The summed E-state index contributed by atoms with van der Waals surface area (Å²) in [5.74, 6) is 5.37. The van der Waals surface area contributed by atoms with Crippen LogP contribution in [0.5, 0.6) is 5.75 Å². The zero-order chi connectivity index (χ0) is 17.4. The van der Waals surface area contributed by atoms with Crippen molar-refractivity contribution in [1.82, 2.24) is 9.71 Å². The van der Waals surface area contributed by atoms with Gasteiger partial charge in [0.2, 0.25) is 10.0 Å². The third-order valence-electron chi connectivity index (χ3n) is 2.97. The van der Waals surface area contributed by atoms with Crippen molar-refractivity contribution in [2.75, 3.05) is 13.2 Å². The molecule has 1 aromatic heterocycles. The fourth-order valence-corrected chi connectivity index (χ4v) is 2.80. The van der Waals surface area contributed by atoms with Gasteiger partial charge in [0.15, 0.2) is 0 Å². The van der Waals surface area contributed by atoms with Gasteiger partial charge in [0.1, 0.15) is 18.2 Å². The molecule has 0 saturated heterocycles. The van der Waals surface area contributed by atoms with Crippen molar-refractivity contribution in [3.63, 3.8) is 0 Å². The molecule has 0 bridgehead atoms. The normalized spacial score (nSPS) is 10.8. The average Bonchev–Trinajstić information content (AvgIpc) is 2.54. The van der Waals surface area contributed by atoms with Gasteiger partial charge in [-0.2, -0.15) is 0 Å². The fraction of sp³-hybridized carbons (Fsp3) is 0.235. The monoisotopic (exact) mass is 348 g/mol. The lowest BCUT2D eigenvalue weighted by molar-refractivity contribution is 0.368. The van der Waals surface area contributed by atoms with Gasteiger partial charge in [-0.1, -0.05) is 24.0 Å². The summed E-state index contributed by atoms with van der Waals surface area (Å²) < 4.78 is 44.2. The van der Waals surface area contributed by atoms with Crippen molar-refractivity contribution in [1.29, 1.82) is 0 Å². The molecule has 1 aromatic carbocycles. The summed E-state index contributed by atoms with van der Waals surface area (Å²) in [6.45, 7) is 2.01. The Morgan fingerprint density at radius 2 is 1.92 bits per heavy atom. The number of sulfonamides is 1. The molecule has 0 atom stereocenters. The number of hydrogen-bond donors (Lipinski definition) is 1. The van der Waals surface area contributed by atoms with Gasteiger partial charge in [-0.3, -0.25) is 4.98 Å². The summed E-state index contributed by atoms with van der Waals surface area (Å²) in [4.78, 5) is 4.08. The summed E-state index contributed by atoms with van der Waals surface area (Å²) >= 11 is 0. The third kappa shape index (κ3) is 6.36. The minimum atomic E-state index is -3.52. The second kappa shape index (κ2) is 8.43. The SMILES string of the molecule is Cc1ccc(OCC#CCNS(=O)(=O)Cc2ccc(F)cc2)cn1. The molecule has 0 aliphatic rings. The van der Waals surface area contributed by atoms with Crippen LogP contribution < -0.4 is 9.46 Å². The first-order valence-electron chi connectivity index (χ1n) is 7.17. The number of nitrogens with zero attached hydrogens (tertiary/aromatic N) is 1. The first-order chi connectivity index (χ1) is 11.4. The highest BCUT2D eigenvalue weighted by Gasteiger charge is 2.10. The van der Waals surface area contributed by atoms with E-state index in [0.29, 0.717) is 11.3 Å². The number of halogens is 1. The van der Waals surface area contributed by atoms with Crippen LogP contribution in [0, 0.1) is 24.6 Å². The minimum absolute atomic E-state index is 0.0148. The van der Waals surface area contributed by atoms with Crippen LogP contribution in [-0.4, -0.2) is 26.6 Å². The van der Waals surface area contributed by atoms with E-state index in [1.165, 1.54) is 24.3 Å². The average molecular weight is 348 g/mol. The van der Waals surface area contributed by atoms with Crippen molar-refractivity contribution >= 4 is 10.0 Å². The van der Waals surface area contributed by atoms with Crippen molar-refractivity contribution in [2.45, 2.75) is 12.7 Å². The van der Waals surface area contributed by atoms with Crippen molar-refractivity contribution in [3.8, 4) is 17.6 Å². The van der Waals surface area contributed by atoms with Gasteiger partial charge in [0.25, 0.3) is 0 Å². The van der Waals surface area contributed by atoms with Crippen LogP contribution in [-0.2, 0) is 15.8 Å². The Labute approximate surface area is 140 Å². The van der Waals surface area contributed by atoms with E-state index < -0.39 is 15.8 Å². The first-order valence-corrected chi connectivity index (χ1v) is 8.83. The third-order valence-corrected chi connectivity index (χ3v) is 4.27. The molecule has 0 saturated carbocycles. The summed E-state index contributed by atoms with van der Waals surface area (Å²) in [6, 6.07) is 8.93. The number of rotatable bonds is 6. The van der Waals surface area contributed by atoms with Crippen LogP contribution in [0.4, 0.5) is 4.39 Å². The molecule has 0 aliphatic carbocycles. The van der Waals surface area contributed by atoms with Crippen LogP contribution in [0.3, 0.4) is 0 Å². The Bertz CT molecular complexity index is 823. The quantitative estimate of drug-likeness (QED) is 0.811. The Morgan fingerprint density at radius 1 is 1.17 bits per heavy atom. The largest absolute Gasteiger partial charge is 0.479 e. The van der Waals surface area contributed by atoms with Crippen LogP contribution in [0.25, 0.3) is 0 Å². The van der Waals surface area contributed by atoms with Gasteiger partial charge in [0, 0.05) is 5.69 Å². The van der Waals surface area contributed by atoms with E-state index in [2.05, 4.69) is 21.5 Å². The smallest absolute Gasteiger partial charge is 0.216 e. The first kappa shape index (κ1) is 17.9. The highest BCUT2D eigenvalue weighted by molar-refractivity contribution is 7.88. The lowest BCUT2D eigenvalue weighted by atomic mass is 10.2. The number of benzene rings is 1. The Balaban J connectivity index is 1.74. The van der Waals surface area contributed by atoms with Gasteiger partial charge in [-0.25, -0.2) is 17.5 Å². The number of nitrogens with one attached hydrogen (secondary N) is 1. The Kier molecular flexibility index (Phi) is 6.29. The van der Waals surface area contributed by atoms with Gasteiger partial charge in [-0.05, 0) is 36.8 Å². The zero-order valence-electron chi connectivity index (χ0n) is 13.1. The van der Waals surface area contributed by atoms with E-state index in [4.69, 9.17) is 4.74 Å². The Morgan fingerprint density at radius 3 is 2.58 bits per heavy atom. The van der Waals surface area contributed by atoms with Crippen molar-refractivity contribution in [3.05, 3.63) is 59.7 Å². The molecule has 0 radical (unpaired) electrons. The summed E-state index contributed by atoms with van der Waals surface area (Å²) in [5.41, 5.74) is 1.40. The highest BCUT2D eigenvalue weighted by atomic mass is 32.2. The maximum absolute atomic E-state index is 12.8. The molecular weight excluding hydrogens is 331 g/mol. The highest BCUT2D eigenvalue weighted by Crippen LogP contribution is 2.08. The van der Waals surface area contributed by atoms with Crippen molar-refractivity contribution < 1.29 is 17.5 Å². The number of hydrogen-bond acceptors (Lipinski definition) is 4. The Hall–Kier alpha value is -2.43. The molecule has 24 heavy (non-hydrogen) atoms. The number of aromatic nitrogens is 1. The standard InChI is InChI=1S/C17H17FN2O3S/c1-14-4-9-17(12-19-14)23-11-3-2-10-20-24(21,22)13-15-5-7-16(18)8-6-15/h4-9,12,20H,10-11,13H2,1H3. The number of ether oxygens (including phenoxy) is 1. The second-order valence-electron chi connectivity index (χ2n) is 4.98. The lowest BCUT2D eigenvalue weighted by Crippen LogP contribution is -2.25. The summed E-state index contributed by atoms with van der Waals surface area (Å²) in [6.07, 6.45) is 1.60. The van der Waals surface area contributed by atoms with E-state index in [0.717, 1.165) is 5.69 Å². The van der Waals surface area contributed by atoms with E-state index in [9.17, 15) is 12.8 Å². The van der Waals surface area contributed by atoms with E-state index in [1.807, 2.05) is 13.0 Å². The molecule has 2 aromatic rings. The molecule has 7 heteroatoms. The van der Waals surface area contributed by atoms with Gasteiger partial charge in [-0.15, -0.1) is 0 Å². The van der Waals surface area contributed by atoms with Crippen LogP contribution in [0.1, 0.15) is 11.3 Å². The van der Waals surface area contributed by atoms with Crippen molar-refractivity contribution in [2.24, 2.45) is 0 Å². The molecule has 126 valence electrons. The van der Waals surface area contributed by atoms with E-state index in [-0.39, 0.29) is 18.9 Å². The van der Waals surface area contributed by atoms with Crippen LogP contribution >= 0.6 is 0 Å². The number of aryl methyl sites for hydroxylation is 1. The molecule has 0 fully saturated rings. The summed E-state index contributed by atoms with van der Waals surface area (Å²) in [5, 5.41) is 0. The minimum Gasteiger partial charge on any atom is -0.479 e. The molecule has 1 N–H and O–H groups in total. The molecular formula is C17H17FN2O3S.